The van der Waals surface area contributed by atoms with E-state index in [1.807, 2.05) is 35.2 Å². The summed E-state index contributed by atoms with van der Waals surface area (Å²) in [7, 11) is -2.77. The fraction of sp³-hybridized carbons (Fsp3) is 0.387. The maximum absolute atomic E-state index is 13.8. The Bertz CT molecular complexity index is 1570. The molecule has 0 aliphatic carbocycles. The van der Waals surface area contributed by atoms with Crippen molar-refractivity contribution in [3.63, 3.8) is 0 Å². The van der Waals surface area contributed by atoms with Crippen LogP contribution in [0, 0.1) is 0 Å². The summed E-state index contributed by atoms with van der Waals surface area (Å²) >= 11 is 0. The third-order valence-electron chi connectivity index (χ3n) is 7.93. The van der Waals surface area contributed by atoms with E-state index in [1.54, 1.807) is 37.4 Å². The summed E-state index contributed by atoms with van der Waals surface area (Å²) in [4.78, 5) is 63.5. The lowest BCUT2D eigenvalue weighted by atomic mass is 10.2. The van der Waals surface area contributed by atoms with Crippen LogP contribution in [-0.2, 0) is 25.2 Å². The minimum atomic E-state index is -4.41. The quantitative estimate of drug-likeness (QED) is 0.260. The summed E-state index contributed by atoms with van der Waals surface area (Å²) in [6, 6.07) is 18.0. The third-order valence-corrected chi connectivity index (χ3v) is 9.29. The van der Waals surface area contributed by atoms with Gasteiger partial charge in [-0.25, -0.2) is 14.8 Å². The van der Waals surface area contributed by atoms with E-state index < -0.39 is 37.7 Å². The van der Waals surface area contributed by atoms with Crippen molar-refractivity contribution in [2.75, 3.05) is 57.4 Å². The predicted molar refractivity (Wildman–Crippen MR) is 168 cm³/mol. The number of hydrogen-bond acceptors (Lipinski definition) is 9. The zero-order valence-electron chi connectivity index (χ0n) is 25.4. The van der Waals surface area contributed by atoms with E-state index in [-0.39, 0.29) is 44.6 Å². The van der Waals surface area contributed by atoms with Gasteiger partial charge in [0.15, 0.2) is 5.82 Å². The molecule has 14 nitrogen and oxygen atoms in total. The molecule has 1 aromatic heterocycles. The van der Waals surface area contributed by atoms with Crippen molar-refractivity contribution in [1.29, 1.82) is 0 Å². The summed E-state index contributed by atoms with van der Waals surface area (Å²) in [6.45, 7) is 1.30. The number of hydrogen-bond donors (Lipinski definition) is 3. The van der Waals surface area contributed by atoms with Crippen molar-refractivity contribution in [3.8, 4) is 11.4 Å². The largest absolute Gasteiger partial charge is 0.465 e. The van der Waals surface area contributed by atoms with Gasteiger partial charge in [-0.15, -0.1) is 0 Å². The van der Waals surface area contributed by atoms with E-state index in [9.17, 15) is 28.9 Å². The second-order valence-electron chi connectivity index (χ2n) is 11.1. The van der Waals surface area contributed by atoms with Crippen LogP contribution >= 0.6 is 7.60 Å². The van der Waals surface area contributed by atoms with Crippen LogP contribution in [0.4, 0.5) is 10.6 Å². The van der Waals surface area contributed by atoms with Gasteiger partial charge in [0, 0.05) is 58.0 Å². The highest BCUT2D eigenvalue weighted by atomic mass is 31.2. The molecule has 3 N–H and O–H groups in total. The molecule has 2 fully saturated rings. The van der Waals surface area contributed by atoms with Crippen LogP contribution in [0.25, 0.3) is 11.4 Å². The zero-order valence-corrected chi connectivity index (χ0v) is 26.3. The number of ether oxygens (including phenoxy) is 1. The van der Waals surface area contributed by atoms with E-state index in [1.165, 1.54) is 15.9 Å². The maximum Gasteiger partial charge on any atom is 0.407 e. The van der Waals surface area contributed by atoms with Crippen molar-refractivity contribution >= 4 is 31.3 Å². The topological polar surface area (TPSA) is 175 Å². The summed E-state index contributed by atoms with van der Waals surface area (Å²) in [5.41, 5.74) is 1.31. The highest BCUT2D eigenvalue weighted by Gasteiger charge is 2.36. The monoisotopic (exact) mass is 652 g/mol. The number of rotatable bonds is 11. The number of carbonyl (C=O) groups is 3. The Morgan fingerprint density at radius 1 is 0.978 bits per heavy atom. The SMILES string of the molecule is CO[C@H]1CCN(c2cc(C(=O)N[C@@H](CP(=O)(O)OCc3ccccc3)C(=O)N3CCN(C(=O)O)CC3)nc(-c3ccccc3)n2)C1. The standard InChI is InChI=1S/C31H37N6O8P/c1-44-24-12-13-37(19-24)27-18-25(32-28(34-27)23-10-6-3-7-11-23)29(38)33-26(30(39)35-14-16-36(17-15-35)31(40)41)21-46(42,43)45-20-22-8-4-2-5-9-22/h2-11,18,24,26H,12-17,19-21H2,1H3,(H,33,38)(H,40,41)(H,42,43)/t24-,26-/m0/s1. The lowest BCUT2D eigenvalue weighted by molar-refractivity contribution is -0.134. The Labute approximate surface area is 266 Å². The average molecular weight is 653 g/mol. The average Bonchev–Trinajstić information content (AvgIpc) is 3.57. The van der Waals surface area contributed by atoms with Gasteiger partial charge in [0.2, 0.25) is 5.91 Å². The summed E-state index contributed by atoms with van der Waals surface area (Å²) in [5, 5.41) is 11.9. The molecule has 2 aliphatic heterocycles. The second-order valence-corrected chi connectivity index (χ2v) is 13.0. The van der Waals surface area contributed by atoms with Crippen LogP contribution in [0.15, 0.2) is 66.7 Å². The van der Waals surface area contributed by atoms with Gasteiger partial charge in [-0.2, -0.15) is 0 Å². The van der Waals surface area contributed by atoms with Crippen molar-refractivity contribution in [2.45, 2.75) is 25.2 Å². The van der Waals surface area contributed by atoms with Crippen LogP contribution in [-0.4, -0.2) is 112 Å². The van der Waals surface area contributed by atoms with Gasteiger partial charge in [-0.1, -0.05) is 60.7 Å². The van der Waals surface area contributed by atoms with Gasteiger partial charge in [0.25, 0.3) is 5.91 Å². The van der Waals surface area contributed by atoms with Crippen LogP contribution in [0.2, 0.25) is 0 Å². The molecular weight excluding hydrogens is 615 g/mol. The first-order valence-electron chi connectivity index (χ1n) is 14.9. The number of carboxylic acid groups (broad SMARTS) is 1. The number of nitrogens with zero attached hydrogens (tertiary/aromatic N) is 5. The van der Waals surface area contributed by atoms with E-state index in [0.717, 1.165) is 6.42 Å². The van der Waals surface area contributed by atoms with E-state index in [0.29, 0.717) is 35.9 Å². The van der Waals surface area contributed by atoms with Crippen molar-refractivity contribution in [3.05, 3.63) is 78.0 Å². The molecule has 46 heavy (non-hydrogen) atoms. The molecule has 244 valence electrons. The van der Waals surface area contributed by atoms with Gasteiger partial charge in [-0.3, -0.25) is 14.2 Å². The molecule has 1 unspecified atom stereocenters. The molecule has 0 radical (unpaired) electrons. The number of benzene rings is 2. The van der Waals surface area contributed by atoms with Gasteiger partial charge in [-0.05, 0) is 12.0 Å². The lowest BCUT2D eigenvalue weighted by Gasteiger charge is -2.35. The summed E-state index contributed by atoms with van der Waals surface area (Å²) in [6.07, 6.45) is -1.02. The molecule has 0 saturated carbocycles. The highest BCUT2D eigenvalue weighted by molar-refractivity contribution is 7.52. The number of carbonyl (C=O) groups excluding carboxylic acids is 2. The van der Waals surface area contributed by atoms with Gasteiger partial charge in [0.1, 0.15) is 17.6 Å². The number of methoxy groups -OCH3 is 1. The molecule has 3 heterocycles. The Hall–Kier alpha value is -4.36. The van der Waals surface area contributed by atoms with E-state index in [2.05, 4.69) is 10.3 Å². The van der Waals surface area contributed by atoms with Gasteiger partial charge >= 0.3 is 13.7 Å². The maximum atomic E-state index is 13.8. The molecule has 0 spiro atoms. The molecule has 0 bridgehead atoms. The molecule has 3 amide bonds. The summed E-state index contributed by atoms with van der Waals surface area (Å²) < 4.78 is 24.1. The third kappa shape index (κ3) is 8.46. The second kappa shape index (κ2) is 14.8. The zero-order chi connectivity index (χ0) is 32.7. The van der Waals surface area contributed by atoms with Crippen molar-refractivity contribution in [2.24, 2.45) is 0 Å². The van der Waals surface area contributed by atoms with Crippen LogP contribution in [0.1, 0.15) is 22.5 Å². The molecular formula is C31H37N6O8P. The molecule has 3 aromatic rings. The molecule has 15 heteroatoms. The van der Waals surface area contributed by atoms with Crippen LogP contribution < -0.4 is 10.2 Å². The summed E-state index contributed by atoms with van der Waals surface area (Å²) in [5.74, 6) is -0.564. The fourth-order valence-electron chi connectivity index (χ4n) is 5.35. The Balaban J connectivity index is 1.40. The first-order valence-corrected chi connectivity index (χ1v) is 16.7. The van der Waals surface area contributed by atoms with E-state index >= 15 is 0 Å². The molecule has 2 aromatic carbocycles. The number of nitrogens with one attached hydrogen (secondary N) is 1. The first-order chi connectivity index (χ1) is 22.1. The fourth-order valence-corrected chi connectivity index (χ4v) is 6.51. The van der Waals surface area contributed by atoms with Crippen LogP contribution in [0.5, 0.6) is 0 Å². The predicted octanol–water partition coefficient (Wildman–Crippen LogP) is 2.69. The van der Waals surface area contributed by atoms with Crippen molar-refractivity contribution < 1.29 is 38.2 Å². The normalized spacial score (nSPS) is 18.6. The molecule has 3 atom stereocenters. The molecule has 2 saturated heterocycles. The minimum Gasteiger partial charge on any atom is -0.465 e. The number of piperazine rings is 1. The minimum absolute atomic E-state index is 0.00518. The Morgan fingerprint density at radius 3 is 2.26 bits per heavy atom. The lowest BCUT2D eigenvalue weighted by Crippen LogP contribution is -2.56. The van der Waals surface area contributed by atoms with Gasteiger partial charge in [0.05, 0.1) is 18.9 Å². The first kappa shape index (κ1) is 33.0. The van der Waals surface area contributed by atoms with E-state index in [4.69, 9.17) is 14.2 Å². The Morgan fingerprint density at radius 2 is 1.63 bits per heavy atom. The number of aromatic nitrogens is 2. The molecule has 2 aliphatic rings. The number of anilines is 1. The van der Waals surface area contributed by atoms with Gasteiger partial charge < -0.3 is 39.3 Å². The van der Waals surface area contributed by atoms with Crippen LogP contribution in [0.3, 0.4) is 0 Å². The highest BCUT2D eigenvalue weighted by Crippen LogP contribution is 2.43. The molecule has 5 rings (SSSR count). The Kier molecular flexibility index (Phi) is 10.6. The smallest absolute Gasteiger partial charge is 0.407 e. The number of amides is 3. The van der Waals surface area contributed by atoms with Crippen molar-refractivity contribution in [1.82, 2.24) is 25.1 Å².